The first-order chi connectivity index (χ1) is 7.77. The molecule has 0 unspecified atom stereocenters. The Hall–Kier alpha value is -0.980. The molecule has 0 bridgehead atoms. The number of methoxy groups -OCH3 is 2. The second kappa shape index (κ2) is 7.37. The Labute approximate surface area is 108 Å². The van der Waals surface area contributed by atoms with E-state index < -0.39 is 8.26 Å². The molecule has 0 N–H and O–H groups in total. The molecule has 0 heterocycles. The van der Waals surface area contributed by atoms with Crippen molar-refractivity contribution < 1.29 is 22.7 Å². The van der Waals surface area contributed by atoms with E-state index in [-0.39, 0.29) is 5.97 Å². The van der Waals surface area contributed by atoms with Crippen molar-refractivity contribution in [2.75, 3.05) is 14.2 Å². The second-order valence-corrected chi connectivity index (χ2v) is 6.27. The highest BCUT2D eigenvalue weighted by Gasteiger charge is 2.04. The van der Waals surface area contributed by atoms with Gasteiger partial charge in [0.05, 0.1) is 19.8 Å². The lowest BCUT2D eigenvalue weighted by atomic mass is 10.2. The van der Waals surface area contributed by atoms with Gasteiger partial charge in [0.15, 0.2) is 0 Å². The van der Waals surface area contributed by atoms with Crippen molar-refractivity contribution in [2.45, 2.75) is 0 Å². The first-order valence-electron chi connectivity index (χ1n) is 4.14. The van der Waals surface area contributed by atoms with Crippen LogP contribution in [0.5, 0.6) is 5.75 Å². The van der Waals surface area contributed by atoms with E-state index in [1.807, 2.05) is 0 Å². The van der Waals surface area contributed by atoms with Crippen LogP contribution in [-0.4, -0.2) is 28.6 Å². The van der Waals surface area contributed by atoms with Crippen molar-refractivity contribution in [3.05, 3.63) is 29.8 Å². The predicted octanol–water partition coefficient (Wildman–Crippen LogP) is 2.19. The number of hydrogen-bond acceptors (Lipinski definition) is 5. The van der Waals surface area contributed by atoms with E-state index in [1.165, 1.54) is 7.11 Å². The van der Waals surface area contributed by atoms with E-state index in [4.69, 9.17) is 13.2 Å². The predicted molar refractivity (Wildman–Crippen MR) is 65.0 cm³/mol. The summed E-state index contributed by atoms with van der Waals surface area (Å²) >= 11 is 0. The fourth-order valence-electron chi connectivity index (χ4n) is 0.868. The fourth-order valence-corrected chi connectivity index (χ4v) is 0.868. The number of carbonyl (C=O) groups excluding carboxylic acids is 1. The number of halogens is 2. The lowest BCUT2D eigenvalue weighted by Crippen LogP contribution is -2.00. The Morgan fingerprint density at radius 2 is 1.76 bits per heavy atom. The zero-order valence-electron chi connectivity index (χ0n) is 9.01. The van der Waals surface area contributed by atoms with Gasteiger partial charge in [-0.2, -0.15) is 8.42 Å². The minimum Gasteiger partial charge on any atom is -0.497 e. The van der Waals surface area contributed by atoms with Gasteiger partial charge in [0.25, 0.3) is 0 Å². The molecule has 0 aliphatic carbocycles. The van der Waals surface area contributed by atoms with E-state index in [0.29, 0.717) is 11.3 Å². The molecule has 0 atom stereocenters. The number of carbonyl (C=O) groups is 1. The van der Waals surface area contributed by atoms with Crippen molar-refractivity contribution in [1.29, 1.82) is 0 Å². The molecule has 17 heavy (non-hydrogen) atoms. The molecule has 0 spiro atoms. The molecule has 1 rings (SSSR count). The summed E-state index contributed by atoms with van der Waals surface area (Å²) in [4.78, 5) is 11.0. The Balaban J connectivity index is 0.000000437. The maximum Gasteiger partial charge on any atom is 0.337 e. The molecule has 0 amide bonds. The molecule has 5 nitrogen and oxygen atoms in total. The van der Waals surface area contributed by atoms with Gasteiger partial charge in [-0.25, -0.2) is 4.79 Å². The summed E-state index contributed by atoms with van der Waals surface area (Å²) in [5.41, 5.74) is 0.497. The summed E-state index contributed by atoms with van der Waals surface area (Å²) in [6.45, 7) is 0. The van der Waals surface area contributed by atoms with Gasteiger partial charge in [-0.3, -0.25) is 0 Å². The summed E-state index contributed by atoms with van der Waals surface area (Å²) in [5.74, 6) is 0.298. The van der Waals surface area contributed by atoms with Gasteiger partial charge in [-0.15, -0.1) is 0 Å². The van der Waals surface area contributed by atoms with E-state index in [9.17, 15) is 4.79 Å². The van der Waals surface area contributed by atoms with Crippen molar-refractivity contribution in [2.24, 2.45) is 0 Å². The van der Waals surface area contributed by atoms with Crippen LogP contribution in [0.3, 0.4) is 0 Å². The first-order valence-corrected chi connectivity index (χ1v) is 7.28. The molecule has 0 aromatic heterocycles. The van der Waals surface area contributed by atoms with Crippen LogP contribution < -0.4 is 4.74 Å². The second-order valence-electron chi connectivity index (χ2n) is 2.60. The summed E-state index contributed by atoms with van der Waals surface area (Å²) < 4.78 is 27.8. The van der Waals surface area contributed by atoms with Gasteiger partial charge in [0, 0.05) is 21.4 Å². The van der Waals surface area contributed by atoms with Gasteiger partial charge >= 0.3 is 14.2 Å². The van der Waals surface area contributed by atoms with Crippen LogP contribution in [0.25, 0.3) is 0 Å². The highest BCUT2D eigenvalue weighted by molar-refractivity contribution is 8.31. The molecule has 0 radical (unpaired) electrons. The molecule has 96 valence electrons. The Bertz CT molecular complexity index is 464. The highest BCUT2D eigenvalue weighted by atomic mass is 36.0. The van der Waals surface area contributed by atoms with Gasteiger partial charge in [-0.05, 0) is 18.2 Å². The maximum atomic E-state index is 11.0. The summed E-state index contributed by atoms with van der Waals surface area (Å²) in [5, 5.41) is 0. The number of esters is 1. The van der Waals surface area contributed by atoms with E-state index in [1.54, 1.807) is 31.4 Å². The van der Waals surface area contributed by atoms with Crippen molar-refractivity contribution in [3.63, 3.8) is 0 Å². The zero-order valence-corrected chi connectivity index (χ0v) is 11.3. The average molecular weight is 301 g/mol. The third-order valence-electron chi connectivity index (χ3n) is 1.49. The molecule has 1 aromatic rings. The van der Waals surface area contributed by atoms with Gasteiger partial charge < -0.3 is 9.47 Å². The van der Waals surface area contributed by atoms with Crippen LogP contribution in [0.2, 0.25) is 0 Å². The third kappa shape index (κ3) is 8.79. The number of hydrogen-bond donors (Lipinski definition) is 0. The summed E-state index contributed by atoms with van der Waals surface area (Å²) in [6.07, 6.45) is 0. The molecule has 0 fully saturated rings. The van der Waals surface area contributed by atoms with Gasteiger partial charge in [0.2, 0.25) is 0 Å². The number of rotatable bonds is 2. The normalized spacial score (nSPS) is 9.88. The Morgan fingerprint density at radius 1 is 1.24 bits per heavy atom. The summed E-state index contributed by atoms with van der Waals surface area (Å²) in [7, 11) is 7.71. The first kappa shape index (κ1) is 16.0. The Kier molecular flexibility index (Phi) is 6.94. The smallest absolute Gasteiger partial charge is 0.337 e. The molecule has 1 aromatic carbocycles. The number of benzene rings is 1. The van der Waals surface area contributed by atoms with Crippen LogP contribution in [0.15, 0.2) is 24.3 Å². The van der Waals surface area contributed by atoms with Crippen LogP contribution in [0.4, 0.5) is 0 Å². The molecule has 0 aliphatic heterocycles. The maximum absolute atomic E-state index is 11.0. The molecule has 0 saturated heterocycles. The standard InChI is InChI=1S/C9H10O3.Cl2O2S/c1-11-8-5-3-4-7(6-8)9(10)12-2;1-5(2,3)4/h3-6H,1-2H3;. The van der Waals surface area contributed by atoms with Crippen LogP contribution >= 0.6 is 21.4 Å². The molecular formula is C9H10Cl2O5S. The molecule has 0 aliphatic rings. The van der Waals surface area contributed by atoms with Gasteiger partial charge in [-0.1, -0.05) is 6.07 Å². The number of ether oxygens (including phenoxy) is 2. The van der Waals surface area contributed by atoms with Crippen molar-refractivity contribution in [1.82, 2.24) is 0 Å². The zero-order chi connectivity index (χ0) is 13.5. The molecular weight excluding hydrogens is 291 g/mol. The fraction of sp³-hybridized carbons (Fsp3) is 0.222. The SMILES string of the molecule is COC(=O)c1cccc(OC)c1.O=S(=O)(Cl)Cl. The monoisotopic (exact) mass is 300 g/mol. The van der Waals surface area contributed by atoms with E-state index in [2.05, 4.69) is 26.1 Å². The third-order valence-corrected chi connectivity index (χ3v) is 1.49. The van der Waals surface area contributed by atoms with Crippen molar-refractivity contribution in [3.8, 4) is 5.75 Å². The lowest BCUT2D eigenvalue weighted by Gasteiger charge is -2.01. The Morgan fingerprint density at radius 3 is 2.18 bits per heavy atom. The highest BCUT2D eigenvalue weighted by Crippen LogP contribution is 2.12. The minimum absolute atomic E-state index is 0.353. The quantitative estimate of drug-likeness (QED) is 0.618. The summed E-state index contributed by atoms with van der Waals surface area (Å²) in [6, 6.07) is 6.82. The van der Waals surface area contributed by atoms with E-state index >= 15 is 0 Å². The van der Waals surface area contributed by atoms with Crippen molar-refractivity contribution >= 4 is 35.6 Å². The lowest BCUT2D eigenvalue weighted by molar-refractivity contribution is 0.0600. The minimum atomic E-state index is -3.72. The topological polar surface area (TPSA) is 69.7 Å². The molecule has 0 saturated carbocycles. The average Bonchev–Trinajstić information content (AvgIpc) is 2.26. The van der Waals surface area contributed by atoms with Crippen LogP contribution in [0.1, 0.15) is 10.4 Å². The van der Waals surface area contributed by atoms with Crippen LogP contribution in [0, 0.1) is 0 Å². The molecule has 8 heteroatoms. The largest absolute Gasteiger partial charge is 0.497 e. The van der Waals surface area contributed by atoms with E-state index in [0.717, 1.165) is 0 Å². The van der Waals surface area contributed by atoms with Gasteiger partial charge in [0.1, 0.15) is 5.75 Å². The van der Waals surface area contributed by atoms with Crippen LogP contribution in [-0.2, 0) is 13.0 Å².